The molecule has 2 aromatic rings. The maximum atomic E-state index is 15.2. The highest BCUT2D eigenvalue weighted by molar-refractivity contribution is 6.00. The van der Waals surface area contributed by atoms with Crippen molar-refractivity contribution < 1.29 is 18.4 Å². The lowest BCUT2D eigenvalue weighted by Gasteiger charge is -2.43. The van der Waals surface area contributed by atoms with E-state index in [9.17, 15) is 14.0 Å². The van der Waals surface area contributed by atoms with Crippen LogP contribution >= 0.6 is 0 Å². The van der Waals surface area contributed by atoms with E-state index in [0.717, 1.165) is 0 Å². The second-order valence-electron chi connectivity index (χ2n) is 8.35. The monoisotopic (exact) mass is 399 g/mol. The molecule has 2 aliphatic rings. The second-order valence-corrected chi connectivity index (χ2v) is 8.35. The maximum Gasteiger partial charge on any atom is 0.270 e. The molecule has 7 heteroatoms. The van der Waals surface area contributed by atoms with E-state index < -0.39 is 22.9 Å². The molecule has 1 aliphatic heterocycles. The molecule has 1 saturated carbocycles. The van der Waals surface area contributed by atoms with E-state index in [4.69, 9.17) is 0 Å². The van der Waals surface area contributed by atoms with Gasteiger partial charge in [0.1, 0.15) is 17.2 Å². The summed E-state index contributed by atoms with van der Waals surface area (Å²) >= 11 is 0. The van der Waals surface area contributed by atoms with Crippen LogP contribution in [0.15, 0.2) is 48.7 Å². The van der Waals surface area contributed by atoms with Gasteiger partial charge in [-0.15, -0.1) is 0 Å². The fourth-order valence-electron chi connectivity index (χ4n) is 4.83. The minimum Gasteiger partial charge on any atom is -0.348 e. The fourth-order valence-corrected chi connectivity index (χ4v) is 4.83. The Bertz CT molecular complexity index is 935. The van der Waals surface area contributed by atoms with Gasteiger partial charge in [-0.3, -0.25) is 14.6 Å². The summed E-state index contributed by atoms with van der Waals surface area (Å²) in [6.07, 6.45) is 2.59. The molecule has 5 nitrogen and oxygen atoms in total. The number of nitrogens with one attached hydrogen (secondary N) is 1. The highest BCUT2D eigenvalue weighted by Crippen LogP contribution is 2.50. The molecular formula is C22H23F2N3O2. The number of alkyl halides is 1. The van der Waals surface area contributed by atoms with Gasteiger partial charge in [-0.2, -0.15) is 0 Å². The summed E-state index contributed by atoms with van der Waals surface area (Å²) in [7, 11) is 0. The molecule has 3 unspecified atom stereocenters. The summed E-state index contributed by atoms with van der Waals surface area (Å²) in [5, 5.41) is 2.85. The summed E-state index contributed by atoms with van der Waals surface area (Å²) in [6.45, 7) is 1.88. The Kier molecular flexibility index (Phi) is 4.84. The molecule has 1 aromatic heterocycles. The molecule has 0 bridgehead atoms. The van der Waals surface area contributed by atoms with E-state index in [1.807, 2.05) is 0 Å². The van der Waals surface area contributed by atoms with E-state index in [1.54, 1.807) is 30.3 Å². The van der Waals surface area contributed by atoms with Gasteiger partial charge in [0.25, 0.3) is 5.91 Å². The summed E-state index contributed by atoms with van der Waals surface area (Å²) in [5.74, 6) is -1.00. The summed E-state index contributed by atoms with van der Waals surface area (Å²) in [6, 6.07) is 10.4. The maximum absolute atomic E-state index is 15.2. The Morgan fingerprint density at radius 1 is 1.24 bits per heavy atom. The van der Waals surface area contributed by atoms with Gasteiger partial charge in [0.05, 0.1) is 5.41 Å². The van der Waals surface area contributed by atoms with Crippen molar-refractivity contribution in [2.75, 3.05) is 11.4 Å². The number of benzene rings is 1. The van der Waals surface area contributed by atoms with Crippen LogP contribution < -0.4 is 10.2 Å². The number of hydrogen-bond donors (Lipinski definition) is 1. The quantitative estimate of drug-likeness (QED) is 0.857. The predicted octanol–water partition coefficient (Wildman–Crippen LogP) is 3.65. The molecule has 2 heterocycles. The third-order valence-corrected chi connectivity index (χ3v) is 5.88. The van der Waals surface area contributed by atoms with Crippen LogP contribution in [0.3, 0.4) is 0 Å². The first-order chi connectivity index (χ1) is 13.8. The second kappa shape index (κ2) is 7.21. The predicted molar refractivity (Wildman–Crippen MR) is 105 cm³/mol. The van der Waals surface area contributed by atoms with Crippen molar-refractivity contribution in [1.82, 2.24) is 10.3 Å². The van der Waals surface area contributed by atoms with Gasteiger partial charge in [-0.25, -0.2) is 8.78 Å². The van der Waals surface area contributed by atoms with Crippen molar-refractivity contribution >= 4 is 17.5 Å². The first-order valence-electron chi connectivity index (χ1n) is 9.76. The van der Waals surface area contributed by atoms with Crippen LogP contribution in [0.25, 0.3) is 0 Å². The lowest BCUT2D eigenvalue weighted by Crippen LogP contribution is -2.52. The number of carbonyl (C=O) groups excluding carboxylic acids is 2. The van der Waals surface area contributed by atoms with Crippen LogP contribution in [0.2, 0.25) is 0 Å². The SMILES string of the molecule is CC1(F)CC(NC(=O)c2ccccn2)CC2(CCN(c3cccc(F)c3)C2=O)C1. The Labute approximate surface area is 168 Å². The highest BCUT2D eigenvalue weighted by atomic mass is 19.1. The third-order valence-electron chi connectivity index (χ3n) is 5.88. The number of nitrogens with zero attached hydrogens (tertiary/aromatic N) is 2. The van der Waals surface area contributed by atoms with E-state index in [1.165, 1.54) is 30.2 Å². The number of carbonyl (C=O) groups is 2. The molecule has 1 spiro atoms. The lowest BCUT2D eigenvalue weighted by molar-refractivity contribution is -0.131. The lowest BCUT2D eigenvalue weighted by atomic mass is 9.66. The topological polar surface area (TPSA) is 62.3 Å². The largest absolute Gasteiger partial charge is 0.348 e. The van der Waals surface area contributed by atoms with Crippen molar-refractivity contribution in [1.29, 1.82) is 0 Å². The molecule has 1 N–H and O–H groups in total. The Morgan fingerprint density at radius 2 is 2.07 bits per heavy atom. The van der Waals surface area contributed by atoms with Crippen molar-refractivity contribution in [3.8, 4) is 0 Å². The summed E-state index contributed by atoms with van der Waals surface area (Å²) < 4.78 is 28.9. The van der Waals surface area contributed by atoms with Crippen molar-refractivity contribution in [3.05, 3.63) is 60.2 Å². The van der Waals surface area contributed by atoms with E-state index in [2.05, 4.69) is 10.3 Å². The van der Waals surface area contributed by atoms with Crippen LogP contribution in [0.4, 0.5) is 14.5 Å². The number of amides is 2. The first kappa shape index (κ1) is 19.5. The van der Waals surface area contributed by atoms with Gasteiger partial charge in [-0.1, -0.05) is 12.1 Å². The molecule has 0 radical (unpaired) electrons. The number of anilines is 1. The molecule has 2 amide bonds. The zero-order valence-electron chi connectivity index (χ0n) is 16.2. The van der Waals surface area contributed by atoms with E-state index in [0.29, 0.717) is 25.1 Å². The minimum atomic E-state index is -1.59. The first-order valence-corrected chi connectivity index (χ1v) is 9.76. The standard InChI is InChI=1S/C22H23F2N3O2/c1-21(24)12-16(26-19(28)18-7-2-3-9-25-18)13-22(14-21)8-10-27(20(22)29)17-6-4-5-15(23)11-17/h2-7,9,11,16H,8,10,12-14H2,1H3,(H,26,28). The van der Waals surface area contributed by atoms with Crippen LogP contribution in [-0.4, -0.2) is 35.1 Å². The molecule has 2 fully saturated rings. The molecule has 1 aromatic carbocycles. The van der Waals surface area contributed by atoms with Crippen molar-refractivity contribution in [2.45, 2.75) is 44.3 Å². The van der Waals surface area contributed by atoms with Crippen LogP contribution in [0.1, 0.15) is 43.1 Å². The van der Waals surface area contributed by atoms with Gasteiger partial charge in [0, 0.05) is 30.9 Å². The van der Waals surface area contributed by atoms with Crippen LogP contribution in [0, 0.1) is 11.2 Å². The average molecular weight is 399 g/mol. The molecule has 4 rings (SSSR count). The number of pyridine rings is 1. The summed E-state index contributed by atoms with van der Waals surface area (Å²) in [5.41, 5.74) is -1.76. The summed E-state index contributed by atoms with van der Waals surface area (Å²) in [4.78, 5) is 31.4. The van der Waals surface area contributed by atoms with Gasteiger partial charge in [0.2, 0.25) is 5.91 Å². The zero-order valence-corrected chi connectivity index (χ0v) is 16.2. The number of hydrogen-bond acceptors (Lipinski definition) is 3. The molecule has 1 saturated heterocycles. The van der Waals surface area contributed by atoms with Gasteiger partial charge >= 0.3 is 0 Å². The molecule has 152 valence electrons. The normalized spacial score (nSPS) is 29.3. The van der Waals surface area contributed by atoms with Crippen molar-refractivity contribution in [3.63, 3.8) is 0 Å². The number of halogens is 2. The Morgan fingerprint density at radius 3 is 2.79 bits per heavy atom. The smallest absolute Gasteiger partial charge is 0.270 e. The van der Waals surface area contributed by atoms with Crippen LogP contribution in [0.5, 0.6) is 0 Å². The highest BCUT2D eigenvalue weighted by Gasteiger charge is 2.55. The number of rotatable bonds is 3. The van der Waals surface area contributed by atoms with E-state index >= 15 is 4.39 Å². The zero-order chi connectivity index (χ0) is 20.6. The average Bonchev–Trinajstić information content (AvgIpc) is 2.96. The van der Waals surface area contributed by atoms with E-state index in [-0.39, 0.29) is 30.3 Å². The van der Waals surface area contributed by atoms with Gasteiger partial charge < -0.3 is 10.2 Å². The molecule has 3 atom stereocenters. The third kappa shape index (κ3) is 3.86. The number of aromatic nitrogens is 1. The molecule has 1 aliphatic carbocycles. The Balaban J connectivity index is 1.55. The fraction of sp³-hybridized carbons (Fsp3) is 0.409. The molecular weight excluding hydrogens is 376 g/mol. The van der Waals surface area contributed by atoms with Crippen molar-refractivity contribution in [2.24, 2.45) is 5.41 Å². The minimum absolute atomic E-state index is 0.0978. The van der Waals surface area contributed by atoms with Crippen LogP contribution in [-0.2, 0) is 4.79 Å². The Hall–Kier alpha value is -2.83. The molecule has 29 heavy (non-hydrogen) atoms. The van der Waals surface area contributed by atoms with Gasteiger partial charge in [-0.05, 0) is 56.5 Å². The van der Waals surface area contributed by atoms with Gasteiger partial charge in [0.15, 0.2) is 0 Å².